The van der Waals surface area contributed by atoms with Crippen molar-refractivity contribution in [2.75, 3.05) is 12.1 Å². The Bertz CT molecular complexity index is 1520. The summed E-state index contributed by atoms with van der Waals surface area (Å²) < 4.78 is 13.7. The van der Waals surface area contributed by atoms with Crippen molar-refractivity contribution < 1.29 is 14.3 Å². The normalized spacial score (nSPS) is 12.3. The molecule has 5 rings (SSSR count). The highest BCUT2D eigenvalue weighted by Gasteiger charge is 2.19. The predicted molar refractivity (Wildman–Crippen MR) is 127 cm³/mol. The van der Waals surface area contributed by atoms with Crippen LogP contribution >= 0.6 is 11.3 Å². The molecule has 1 aliphatic heterocycles. The summed E-state index contributed by atoms with van der Waals surface area (Å²) in [6.07, 6.45) is 0. The van der Waals surface area contributed by atoms with E-state index >= 15 is 0 Å². The highest BCUT2D eigenvalue weighted by molar-refractivity contribution is 7.17. The number of aromatic nitrogens is 2. The van der Waals surface area contributed by atoms with E-state index in [1.54, 1.807) is 29.6 Å². The molecule has 2 aromatic heterocycles. The molecule has 33 heavy (non-hydrogen) atoms. The van der Waals surface area contributed by atoms with Gasteiger partial charge >= 0.3 is 5.69 Å². The number of ether oxygens (including phenoxy) is 2. The van der Waals surface area contributed by atoms with Crippen molar-refractivity contribution in [3.8, 4) is 11.5 Å². The highest BCUT2D eigenvalue weighted by atomic mass is 32.1. The van der Waals surface area contributed by atoms with Crippen LogP contribution in [0.25, 0.3) is 10.2 Å². The summed E-state index contributed by atoms with van der Waals surface area (Å²) in [7, 11) is 0. The number of hydrogen-bond donors (Lipinski definition) is 1. The number of anilines is 1. The Labute approximate surface area is 192 Å². The minimum absolute atomic E-state index is 0.0563. The molecule has 0 saturated carbocycles. The standard InChI is InChI=1S/C24H21N3O5S/c1-14-3-4-15(2)17(9-14)25-21(28)12-26-18-7-8-33-22(18)23(29)27(24(26)30)11-16-5-6-19-20(10-16)32-13-31-19/h3-10H,11-13H2,1-2H3,(H,25,28). The molecular weight excluding hydrogens is 442 g/mol. The van der Waals surface area contributed by atoms with Crippen molar-refractivity contribution >= 4 is 33.1 Å². The van der Waals surface area contributed by atoms with Crippen LogP contribution in [0.3, 0.4) is 0 Å². The van der Waals surface area contributed by atoms with Gasteiger partial charge < -0.3 is 14.8 Å². The fourth-order valence-corrected chi connectivity index (χ4v) is 4.69. The van der Waals surface area contributed by atoms with Gasteiger partial charge in [0, 0.05) is 5.69 Å². The smallest absolute Gasteiger partial charge is 0.332 e. The first-order chi connectivity index (χ1) is 15.9. The molecule has 4 aromatic rings. The van der Waals surface area contributed by atoms with Gasteiger partial charge in [-0.3, -0.25) is 18.7 Å². The maximum Gasteiger partial charge on any atom is 0.332 e. The summed E-state index contributed by atoms with van der Waals surface area (Å²) in [6.45, 7) is 3.84. The fourth-order valence-electron chi connectivity index (χ4n) is 3.85. The second-order valence-electron chi connectivity index (χ2n) is 7.95. The van der Waals surface area contributed by atoms with Crippen molar-refractivity contribution in [2.45, 2.75) is 26.9 Å². The van der Waals surface area contributed by atoms with E-state index in [1.807, 2.05) is 32.0 Å². The molecule has 0 unspecified atom stereocenters. The Kier molecular flexibility index (Phi) is 5.26. The Morgan fingerprint density at radius 3 is 2.70 bits per heavy atom. The van der Waals surface area contributed by atoms with Crippen LogP contribution in [0.15, 0.2) is 57.4 Å². The van der Waals surface area contributed by atoms with Gasteiger partial charge in [-0.25, -0.2) is 4.79 Å². The lowest BCUT2D eigenvalue weighted by Gasteiger charge is -2.14. The van der Waals surface area contributed by atoms with Crippen LogP contribution in [-0.2, 0) is 17.9 Å². The fraction of sp³-hybridized carbons (Fsp3) is 0.208. The Morgan fingerprint density at radius 2 is 1.85 bits per heavy atom. The molecule has 1 N–H and O–H groups in total. The molecule has 1 aliphatic rings. The molecule has 168 valence electrons. The number of nitrogens with one attached hydrogen (secondary N) is 1. The summed E-state index contributed by atoms with van der Waals surface area (Å²) in [5.74, 6) is 0.859. The first-order valence-corrected chi connectivity index (χ1v) is 11.2. The Morgan fingerprint density at radius 1 is 1.03 bits per heavy atom. The van der Waals surface area contributed by atoms with Gasteiger partial charge in [-0.2, -0.15) is 0 Å². The number of aryl methyl sites for hydroxylation is 2. The number of carbonyl (C=O) groups excluding carboxylic acids is 1. The number of thiophene rings is 1. The first kappa shape index (κ1) is 21.0. The van der Waals surface area contributed by atoms with Crippen molar-refractivity contribution in [1.29, 1.82) is 0 Å². The molecule has 0 saturated heterocycles. The van der Waals surface area contributed by atoms with Gasteiger partial charge in [-0.05, 0) is 60.2 Å². The zero-order valence-electron chi connectivity index (χ0n) is 18.1. The van der Waals surface area contributed by atoms with Crippen molar-refractivity contribution in [2.24, 2.45) is 0 Å². The van der Waals surface area contributed by atoms with Crippen LogP contribution in [-0.4, -0.2) is 21.8 Å². The van der Waals surface area contributed by atoms with Crippen LogP contribution in [0, 0.1) is 13.8 Å². The zero-order valence-corrected chi connectivity index (χ0v) is 18.9. The van der Waals surface area contributed by atoms with Crippen LogP contribution in [0.2, 0.25) is 0 Å². The van der Waals surface area contributed by atoms with E-state index in [9.17, 15) is 14.4 Å². The van der Waals surface area contributed by atoms with Crippen LogP contribution in [0.4, 0.5) is 5.69 Å². The lowest BCUT2D eigenvalue weighted by Crippen LogP contribution is -2.41. The Hall–Kier alpha value is -3.85. The van der Waals surface area contributed by atoms with E-state index < -0.39 is 5.69 Å². The van der Waals surface area contributed by atoms with Crippen LogP contribution in [0.1, 0.15) is 16.7 Å². The third-order valence-corrected chi connectivity index (χ3v) is 6.47. The third kappa shape index (κ3) is 3.91. The summed E-state index contributed by atoms with van der Waals surface area (Å²) >= 11 is 1.25. The van der Waals surface area contributed by atoms with Gasteiger partial charge in [0.2, 0.25) is 12.7 Å². The third-order valence-electron chi connectivity index (χ3n) is 5.58. The molecule has 0 atom stereocenters. The van der Waals surface area contributed by atoms with Gasteiger partial charge in [0.05, 0.1) is 12.1 Å². The minimum atomic E-state index is -0.542. The predicted octanol–water partition coefficient (Wildman–Crippen LogP) is 3.26. The van der Waals surface area contributed by atoms with Crippen molar-refractivity contribution in [1.82, 2.24) is 9.13 Å². The number of benzene rings is 2. The number of carbonyl (C=O) groups is 1. The summed E-state index contributed by atoms with van der Waals surface area (Å²) in [5.41, 5.74) is 2.89. The number of hydrogen-bond acceptors (Lipinski definition) is 6. The number of nitrogens with zero attached hydrogens (tertiary/aromatic N) is 2. The van der Waals surface area contributed by atoms with Gasteiger partial charge in [-0.15, -0.1) is 11.3 Å². The summed E-state index contributed by atoms with van der Waals surface area (Å²) in [6, 6.07) is 12.8. The SMILES string of the molecule is Cc1ccc(C)c(NC(=O)Cn2c(=O)n(Cc3ccc4c(c3)OCO4)c(=O)c3sccc32)c1. The molecule has 9 heteroatoms. The second kappa shape index (κ2) is 8.25. The maximum absolute atomic E-state index is 13.3. The molecular formula is C24H21N3O5S. The lowest BCUT2D eigenvalue weighted by atomic mass is 10.1. The molecule has 0 fully saturated rings. The van der Waals surface area contributed by atoms with E-state index in [0.29, 0.717) is 27.4 Å². The zero-order chi connectivity index (χ0) is 23.1. The molecule has 2 aromatic carbocycles. The summed E-state index contributed by atoms with van der Waals surface area (Å²) in [5, 5.41) is 4.63. The van der Waals surface area contributed by atoms with Gasteiger partial charge in [0.25, 0.3) is 5.56 Å². The van der Waals surface area contributed by atoms with E-state index in [0.717, 1.165) is 21.3 Å². The average molecular weight is 464 g/mol. The van der Waals surface area contributed by atoms with Crippen LogP contribution in [0.5, 0.6) is 11.5 Å². The molecule has 0 spiro atoms. The number of rotatable bonds is 5. The van der Waals surface area contributed by atoms with E-state index in [4.69, 9.17) is 9.47 Å². The van der Waals surface area contributed by atoms with E-state index in [2.05, 4.69) is 5.32 Å². The largest absolute Gasteiger partial charge is 0.454 e. The highest BCUT2D eigenvalue weighted by Crippen LogP contribution is 2.32. The minimum Gasteiger partial charge on any atom is -0.454 e. The molecule has 0 bridgehead atoms. The van der Waals surface area contributed by atoms with E-state index in [-0.39, 0.29) is 31.3 Å². The molecule has 8 nitrogen and oxygen atoms in total. The number of fused-ring (bicyclic) bond motifs is 2. The molecule has 0 aliphatic carbocycles. The molecule has 1 amide bonds. The van der Waals surface area contributed by atoms with Crippen LogP contribution < -0.4 is 26.0 Å². The van der Waals surface area contributed by atoms with Gasteiger partial charge in [0.15, 0.2) is 11.5 Å². The quantitative estimate of drug-likeness (QED) is 0.491. The lowest BCUT2D eigenvalue weighted by molar-refractivity contribution is -0.116. The summed E-state index contributed by atoms with van der Waals surface area (Å²) in [4.78, 5) is 39.3. The first-order valence-electron chi connectivity index (χ1n) is 10.4. The van der Waals surface area contributed by atoms with Gasteiger partial charge in [-0.1, -0.05) is 18.2 Å². The van der Waals surface area contributed by atoms with Crippen molar-refractivity contribution in [3.05, 3.63) is 85.4 Å². The molecule has 0 radical (unpaired) electrons. The van der Waals surface area contributed by atoms with Crippen molar-refractivity contribution in [3.63, 3.8) is 0 Å². The van der Waals surface area contributed by atoms with E-state index in [1.165, 1.54) is 15.9 Å². The topological polar surface area (TPSA) is 91.6 Å². The van der Waals surface area contributed by atoms with Gasteiger partial charge in [0.1, 0.15) is 11.2 Å². The molecule has 3 heterocycles. The monoisotopic (exact) mass is 463 g/mol. The Balaban J connectivity index is 1.50. The average Bonchev–Trinajstić information content (AvgIpc) is 3.46. The number of amides is 1. The maximum atomic E-state index is 13.3. The second-order valence-corrected chi connectivity index (χ2v) is 8.87.